The van der Waals surface area contributed by atoms with Crippen LogP contribution in [0, 0.1) is 0 Å². The molecule has 0 unspecified atom stereocenters. The second-order valence-electron chi connectivity index (χ2n) is 5.46. The molecule has 0 radical (unpaired) electrons. The van der Waals surface area contributed by atoms with Crippen molar-refractivity contribution in [1.82, 2.24) is 5.32 Å². The maximum Gasteiger partial charge on any atom is 0.336 e. The van der Waals surface area contributed by atoms with Gasteiger partial charge in [0.15, 0.2) is 0 Å². The van der Waals surface area contributed by atoms with Gasteiger partial charge in [0.05, 0.1) is 0 Å². The lowest BCUT2D eigenvalue weighted by atomic mass is 10.1. The molecule has 24 heavy (non-hydrogen) atoms. The van der Waals surface area contributed by atoms with Gasteiger partial charge in [0.1, 0.15) is 5.58 Å². The summed E-state index contributed by atoms with van der Waals surface area (Å²) in [5, 5.41) is 4.24. The van der Waals surface area contributed by atoms with Crippen LogP contribution in [0.2, 0.25) is 5.02 Å². The number of hydrogen-bond donors (Lipinski definition) is 1. The first kappa shape index (κ1) is 16.3. The van der Waals surface area contributed by atoms with Gasteiger partial charge in [-0.25, -0.2) is 4.79 Å². The molecule has 122 valence electrons. The average molecular weight is 342 g/mol. The lowest BCUT2D eigenvalue weighted by molar-refractivity contribution is 0.0951. The van der Waals surface area contributed by atoms with Crippen molar-refractivity contribution < 1.29 is 9.21 Å². The summed E-state index contributed by atoms with van der Waals surface area (Å²) >= 11 is 5.82. The maximum absolute atomic E-state index is 12.2. The summed E-state index contributed by atoms with van der Waals surface area (Å²) in [5.74, 6) is -0.222. The molecule has 0 aliphatic rings. The summed E-state index contributed by atoms with van der Waals surface area (Å²) in [5.41, 5.74) is 2.49. The average Bonchev–Trinajstić information content (AvgIpc) is 2.59. The maximum atomic E-state index is 12.2. The van der Waals surface area contributed by atoms with Crippen LogP contribution in [0.5, 0.6) is 0 Å². The summed E-state index contributed by atoms with van der Waals surface area (Å²) in [4.78, 5) is 23.9. The molecule has 0 saturated carbocycles. The second-order valence-corrected chi connectivity index (χ2v) is 5.90. The number of aryl methyl sites for hydroxylation is 1. The minimum atomic E-state index is -0.428. The fourth-order valence-corrected chi connectivity index (χ4v) is 2.65. The van der Waals surface area contributed by atoms with Gasteiger partial charge in [-0.05, 0) is 53.9 Å². The van der Waals surface area contributed by atoms with Crippen molar-refractivity contribution in [3.63, 3.8) is 0 Å². The number of amides is 1. The van der Waals surface area contributed by atoms with E-state index in [1.807, 2.05) is 12.1 Å². The van der Waals surface area contributed by atoms with Gasteiger partial charge in [0.25, 0.3) is 5.91 Å². The van der Waals surface area contributed by atoms with E-state index in [2.05, 4.69) is 12.2 Å². The molecule has 0 aliphatic heterocycles. The first-order valence-electron chi connectivity index (χ1n) is 7.66. The highest BCUT2D eigenvalue weighted by Crippen LogP contribution is 2.19. The minimum Gasteiger partial charge on any atom is -0.423 e. The molecule has 5 heteroatoms. The van der Waals surface area contributed by atoms with Gasteiger partial charge >= 0.3 is 5.63 Å². The summed E-state index contributed by atoms with van der Waals surface area (Å²) in [7, 11) is 0. The van der Waals surface area contributed by atoms with Crippen molar-refractivity contribution in [3.8, 4) is 0 Å². The van der Waals surface area contributed by atoms with E-state index in [1.54, 1.807) is 30.3 Å². The highest BCUT2D eigenvalue weighted by molar-refractivity contribution is 6.30. The Morgan fingerprint density at radius 3 is 2.58 bits per heavy atom. The molecule has 4 nitrogen and oxygen atoms in total. The van der Waals surface area contributed by atoms with Crippen molar-refractivity contribution in [2.45, 2.75) is 19.9 Å². The molecule has 0 spiro atoms. The highest BCUT2D eigenvalue weighted by Gasteiger charge is 2.09. The molecule has 3 rings (SSSR count). The van der Waals surface area contributed by atoms with E-state index >= 15 is 0 Å². The summed E-state index contributed by atoms with van der Waals surface area (Å²) in [6.07, 6.45) is 0.881. The second kappa shape index (κ2) is 6.89. The van der Waals surface area contributed by atoms with Gasteiger partial charge < -0.3 is 9.73 Å². The molecule has 3 aromatic rings. The SMILES string of the molecule is CCc1ccc2oc(=O)cc(CNC(=O)c3ccc(Cl)cc3)c2c1. The Labute approximate surface area is 144 Å². The van der Waals surface area contributed by atoms with Crippen molar-refractivity contribution in [1.29, 1.82) is 0 Å². The normalized spacial score (nSPS) is 10.8. The Morgan fingerprint density at radius 2 is 1.88 bits per heavy atom. The Morgan fingerprint density at radius 1 is 1.12 bits per heavy atom. The number of carbonyl (C=O) groups excluding carboxylic acids is 1. The van der Waals surface area contributed by atoms with E-state index in [0.717, 1.165) is 22.9 Å². The predicted octanol–water partition coefficient (Wildman–Crippen LogP) is 3.94. The molecule has 1 aromatic heterocycles. The Balaban J connectivity index is 1.87. The Hall–Kier alpha value is -2.59. The van der Waals surface area contributed by atoms with Crippen molar-refractivity contribution in [2.75, 3.05) is 0 Å². The van der Waals surface area contributed by atoms with Gasteiger partial charge in [-0.1, -0.05) is 24.6 Å². The summed E-state index contributed by atoms with van der Waals surface area (Å²) in [6.45, 7) is 2.30. The molecule has 1 amide bonds. The van der Waals surface area contributed by atoms with Crippen LogP contribution in [0.4, 0.5) is 0 Å². The molecule has 0 saturated heterocycles. The lowest BCUT2D eigenvalue weighted by Gasteiger charge is -2.09. The first-order valence-corrected chi connectivity index (χ1v) is 8.04. The van der Waals surface area contributed by atoms with Gasteiger partial charge in [0.2, 0.25) is 0 Å². The Bertz CT molecular complexity index is 945. The minimum absolute atomic E-state index is 0.222. The number of fused-ring (bicyclic) bond motifs is 1. The van der Waals surface area contributed by atoms with E-state index in [0.29, 0.717) is 16.2 Å². The van der Waals surface area contributed by atoms with Gasteiger partial charge in [0, 0.05) is 28.6 Å². The van der Waals surface area contributed by atoms with Gasteiger partial charge in [-0.2, -0.15) is 0 Å². The monoisotopic (exact) mass is 341 g/mol. The van der Waals surface area contributed by atoms with Crippen LogP contribution < -0.4 is 10.9 Å². The molecule has 0 atom stereocenters. The molecule has 1 N–H and O–H groups in total. The van der Waals surface area contributed by atoms with Crippen LogP contribution in [0.3, 0.4) is 0 Å². The molecule has 0 bridgehead atoms. The van der Waals surface area contributed by atoms with E-state index in [-0.39, 0.29) is 12.5 Å². The predicted molar refractivity (Wildman–Crippen MR) is 94.5 cm³/mol. The zero-order chi connectivity index (χ0) is 17.1. The zero-order valence-electron chi connectivity index (χ0n) is 13.1. The van der Waals surface area contributed by atoms with Gasteiger partial charge in [-0.15, -0.1) is 0 Å². The zero-order valence-corrected chi connectivity index (χ0v) is 13.9. The molecule has 1 heterocycles. The van der Waals surface area contributed by atoms with Crippen LogP contribution in [-0.2, 0) is 13.0 Å². The third-order valence-electron chi connectivity index (χ3n) is 3.85. The molecule has 0 aliphatic carbocycles. The Kier molecular flexibility index (Phi) is 4.67. The van der Waals surface area contributed by atoms with Crippen LogP contribution in [0.25, 0.3) is 11.0 Å². The first-order chi connectivity index (χ1) is 11.6. The molecule has 2 aromatic carbocycles. The van der Waals surface area contributed by atoms with E-state index in [4.69, 9.17) is 16.0 Å². The number of halogens is 1. The van der Waals surface area contributed by atoms with Crippen molar-refractivity contribution in [2.24, 2.45) is 0 Å². The van der Waals surface area contributed by atoms with Crippen LogP contribution in [-0.4, -0.2) is 5.91 Å². The number of nitrogens with one attached hydrogen (secondary N) is 1. The molecule has 0 fully saturated rings. The number of carbonyl (C=O) groups is 1. The fourth-order valence-electron chi connectivity index (χ4n) is 2.52. The van der Waals surface area contributed by atoms with E-state index in [1.165, 1.54) is 6.07 Å². The quantitative estimate of drug-likeness (QED) is 0.731. The number of hydrogen-bond acceptors (Lipinski definition) is 3. The summed E-state index contributed by atoms with van der Waals surface area (Å²) in [6, 6.07) is 13.8. The fraction of sp³-hybridized carbons (Fsp3) is 0.158. The van der Waals surface area contributed by atoms with Crippen molar-refractivity contribution in [3.05, 3.63) is 80.7 Å². The largest absolute Gasteiger partial charge is 0.423 e. The van der Waals surface area contributed by atoms with Crippen molar-refractivity contribution >= 4 is 28.5 Å². The number of benzene rings is 2. The van der Waals surface area contributed by atoms with E-state index in [9.17, 15) is 9.59 Å². The topological polar surface area (TPSA) is 59.3 Å². The standard InChI is InChI=1S/C19H16ClNO3/c1-2-12-3-8-17-16(9-12)14(10-18(22)24-17)11-21-19(23)13-4-6-15(20)7-5-13/h3-10H,2,11H2,1H3,(H,21,23). The van der Waals surface area contributed by atoms with Crippen LogP contribution in [0.15, 0.2) is 57.7 Å². The number of rotatable bonds is 4. The third-order valence-corrected chi connectivity index (χ3v) is 4.10. The van der Waals surface area contributed by atoms with Gasteiger partial charge in [-0.3, -0.25) is 4.79 Å². The lowest BCUT2D eigenvalue weighted by Crippen LogP contribution is -2.23. The van der Waals surface area contributed by atoms with E-state index < -0.39 is 5.63 Å². The molecular formula is C19H16ClNO3. The molecular weight excluding hydrogens is 326 g/mol. The van der Waals surface area contributed by atoms with Crippen LogP contribution >= 0.6 is 11.6 Å². The smallest absolute Gasteiger partial charge is 0.336 e. The summed E-state index contributed by atoms with van der Waals surface area (Å²) < 4.78 is 5.22. The third kappa shape index (κ3) is 3.49. The van der Waals surface area contributed by atoms with Crippen LogP contribution in [0.1, 0.15) is 28.4 Å². The highest BCUT2D eigenvalue weighted by atomic mass is 35.5.